The van der Waals surface area contributed by atoms with Crippen molar-refractivity contribution >= 4 is 11.7 Å². The number of hydrogen-bond acceptors (Lipinski definition) is 4. The minimum absolute atomic E-state index is 0.331. The number of rotatable bonds is 4. The first-order valence-corrected chi connectivity index (χ1v) is 6.86. The number of Topliss-reactive ketones (excluding diaryl/α,β-unsaturated/α-hetero) is 1. The molecule has 2 rings (SSSR count). The highest BCUT2D eigenvalue weighted by atomic mass is 16.5. The van der Waals surface area contributed by atoms with Crippen LogP contribution in [0.3, 0.4) is 0 Å². The van der Waals surface area contributed by atoms with Crippen LogP contribution in [0.1, 0.15) is 17.3 Å². The van der Waals surface area contributed by atoms with Crippen molar-refractivity contribution in [2.24, 2.45) is 0 Å². The van der Waals surface area contributed by atoms with Gasteiger partial charge in [-0.15, -0.1) is 0 Å². The van der Waals surface area contributed by atoms with E-state index in [1.54, 1.807) is 29.2 Å². The molecule has 20 heavy (non-hydrogen) atoms. The molecule has 0 radical (unpaired) electrons. The Kier molecular flexibility index (Phi) is 4.74. The molecule has 0 spiro atoms. The first-order chi connectivity index (χ1) is 9.67. The number of ether oxygens (including phenoxy) is 1. The fraction of sp³-hybridized carbons (Fsp3) is 0.467. The van der Waals surface area contributed by atoms with Crippen LogP contribution in [0.5, 0.6) is 5.75 Å². The molecule has 0 aliphatic carbocycles. The number of piperazine rings is 1. The van der Waals surface area contributed by atoms with E-state index in [1.807, 2.05) is 0 Å². The smallest absolute Gasteiger partial charge is 0.295 e. The van der Waals surface area contributed by atoms with E-state index in [4.69, 9.17) is 4.74 Å². The summed E-state index contributed by atoms with van der Waals surface area (Å²) in [5.74, 6) is -0.490. The number of para-hydroxylation sites is 1. The second kappa shape index (κ2) is 6.52. The Morgan fingerprint density at radius 3 is 2.40 bits per heavy atom. The van der Waals surface area contributed by atoms with Gasteiger partial charge in [-0.1, -0.05) is 19.1 Å². The van der Waals surface area contributed by atoms with Crippen molar-refractivity contribution in [1.29, 1.82) is 0 Å². The van der Waals surface area contributed by atoms with Gasteiger partial charge in [-0.05, 0) is 18.7 Å². The Bertz CT molecular complexity index is 494. The molecule has 108 valence electrons. The summed E-state index contributed by atoms with van der Waals surface area (Å²) in [6.07, 6.45) is 0. The molecule has 1 heterocycles. The minimum Gasteiger partial charge on any atom is -0.496 e. The van der Waals surface area contributed by atoms with E-state index in [9.17, 15) is 9.59 Å². The van der Waals surface area contributed by atoms with Crippen LogP contribution in [-0.2, 0) is 4.79 Å². The number of hydrogen-bond donors (Lipinski definition) is 0. The van der Waals surface area contributed by atoms with E-state index in [0.29, 0.717) is 24.4 Å². The van der Waals surface area contributed by atoms with E-state index < -0.39 is 11.7 Å². The molecule has 5 heteroatoms. The van der Waals surface area contributed by atoms with Crippen LogP contribution in [0, 0.1) is 0 Å². The zero-order chi connectivity index (χ0) is 14.5. The van der Waals surface area contributed by atoms with Gasteiger partial charge < -0.3 is 14.5 Å². The van der Waals surface area contributed by atoms with Gasteiger partial charge in [0.05, 0.1) is 12.7 Å². The van der Waals surface area contributed by atoms with Gasteiger partial charge in [0.2, 0.25) is 0 Å². The molecule has 1 aromatic rings. The lowest BCUT2D eigenvalue weighted by Crippen LogP contribution is -2.50. The molecule has 0 bridgehead atoms. The molecule has 0 saturated carbocycles. The molecule has 1 saturated heterocycles. The minimum atomic E-state index is -0.493. The highest BCUT2D eigenvalue weighted by Crippen LogP contribution is 2.19. The lowest BCUT2D eigenvalue weighted by atomic mass is 10.1. The van der Waals surface area contributed by atoms with Gasteiger partial charge in [-0.2, -0.15) is 0 Å². The van der Waals surface area contributed by atoms with Crippen molar-refractivity contribution in [3.63, 3.8) is 0 Å². The predicted molar refractivity (Wildman–Crippen MR) is 76.0 cm³/mol. The first kappa shape index (κ1) is 14.5. The lowest BCUT2D eigenvalue weighted by molar-refractivity contribution is -0.128. The third-order valence-corrected chi connectivity index (χ3v) is 3.65. The van der Waals surface area contributed by atoms with Crippen LogP contribution in [0.2, 0.25) is 0 Å². The largest absolute Gasteiger partial charge is 0.496 e. The Hall–Kier alpha value is -1.88. The molecule has 5 nitrogen and oxygen atoms in total. The molecule has 0 N–H and O–H groups in total. The number of likely N-dealkylation sites (N-methyl/N-ethyl adjacent to an activating group) is 1. The normalized spacial score (nSPS) is 16.0. The van der Waals surface area contributed by atoms with Crippen LogP contribution in [0.4, 0.5) is 0 Å². The number of methoxy groups -OCH3 is 1. The van der Waals surface area contributed by atoms with Crippen molar-refractivity contribution in [2.45, 2.75) is 6.92 Å². The topological polar surface area (TPSA) is 49.9 Å². The fourth-order valence-corrected chi connectivity index (χ4v) is 2.36. The van der Waals surface area contributed by atoms with Crippen molar-refractivity contribution < 1.29 is 14.3 Å². The average Bonchev–Trinajstić information content (AvgIpc) is 2.53. The molecule has 1 aromatic carbocycles. The number of carbonyl (C=O) groups excluding carboxylic acids is 2. The molecule has 0 unspecified atom stereocenters. The zero-order valence-electron chi connectivity index (χ0n) is 12.0. The van der Waals surface area contributed by atoms with Gasteiger partial charge in [-0.25, -0.2) is 0 Å². The molecule has 1 aliphatic heterocycles. The van der Waals surface area contributed by atoms with E-state index in [1.165, 1.54) is 7.11 Å². The van der Waals surface area contributed by atoms with E-state index >= 15 is 0 Å². The Balaban J connectivity index is 2.08. The monoisotopic (exact) mass is 276 g/mol. The highest BCUT2D eigenvalue weighted by Gasteiger charge is 2.27. The van der Waals surface area contributed by atoms with Crippen molar-refractivity contribution in [2.75, 3.05) is 39.8 Å². The fourth-order valence-electron chi connectivity index (χ4n) is 2.36. The SMILES string of the molecule is CCN1CCN(C(=O)C(=O)c2ccccc2OC)CC1. The second-order valence-electron chi connectivity index (χ2n) is 4.76. The van der Waals surface area contributed by atoms with E-state index in [0.717, 1.165) is 19.6 Å². The zero-order valence-corrected chi connectivity index (χ0v) is 12.0. The summed E-state index contributed by atoms with van der Waals surface area (Å²) >= 11 is 0. The number of carbonyl (C=O) groups is 2. The molecule has 0 atom stereocenters. The van der Waals surface area contributed by atoms with Crippen molar-refractivity contribution in [3.8, 4) is 5.75 Å². The van der Waals surface area contributed by atoms with Crippen LogP contribution in [-0.4, -0.2) is 61.3 Å². The average molecular weight is 276 g/mol. The third kappa shape index (κ3) is 2.99. The summed E-state index contributed by atoms with van der Waals surface area (Å²) in [5.41, 5.74) is 0.331. The Morgan fingerprint density at radius 1 is 1.15 bits per heavy atom. The van der Waals surface area contributed by atoms with E-state index in [-0.39, 0.29) is 0 Å². The summed E-state index contributed by atoms with van der Waals surface area (Å²) in [7, 11) is 1.50. The molecular formula is C15H20N2O3. The van der Waals surface area contributed by atoms with Crippen LogP contribution in [0.15, 0.2) is 24.3 Å². The van der Waals surface area contributed by atoms with E-state index in [2.05, 4.69) is 11.8 Å². The van der Waals surface area contributed by atoms with Gasteiger partial charge in [0.25, 0.3) is 11.7 Å². The Labute approximate surface area is 119 Å². The number of amides is 1. The predicted octanol–water partition coefficient (Wildman–Crippen LogP) is 1.04. The van der Waals surface area contributed by atoms with Gasteiger partial charge >= 0.3 is 0 Å². The first-order valence-electron chi connectivity index (χ1n) is 6.86. The summed E-state index contributed by atoms with van der Waals surface area (Å²) in [6.45, 7) is 5.92. The van der Waals surface area contributed by atoms with Crippen LogP contribution in [0.25, 0.3) is 0 Å². The lowest BCUT2D eigenvalue weighted by Gasteiger charge is -2.33. The van der Waals surface area contributed by atoms with Gasteiger partial charge in [-0.3, -0.25) is 9.59 Å². The summed E-state index contributed by atoms with van der Waals surface area (Å²) < 4.78 is 5.14. The van der Waals surface area contributed by atoms with Gasteiger partial charge in [0.15, 0.2) is 0 Å². The molecule has 1 fully saturated rings. The van der Waals surface area contributed by atoms with Crippen LogP contribution < -0.4 is 4.74 Å². The van der Waals surface area contributed by atoms with Crippen LogP contribution >= 0.6 is 0 Å². The maximum atomic E-state index is 12.3. The number of benzene rings is 1. The summed E-state index contributed by atoms with van der Waals surface area (Å²) in [5, 5.41) is 0. The summed E-state index contributed by atoms with van der Waals surface area (Å²) in [4.78, 5) is 28.4. The summed E-state index contributed by atoms with van der Waals surface area (Å²) in [6, 6.07) is 6.83. The van der Waals surface area contributed by atoms with Gasteiger partial charge in [0, 0.05) is 26.2 Å². The number of nitrogens with zero attached hydrogens (tertiary/aromatic N) is 2. The molecule has 1 amide bonds. The third-order valence-electron chi connectivity index (χ3n) is 3.65. The molecule has 1 aliphatic rings. The standard InChI is InChI=1S/C15H20N2O3/c1-3-16-8-10-17(11-9-16)15(19)14(18)12-6-4-5-7-13(12)20-2/h4-7H,3,8-11H2,1-2H3. The highest BCUT2D eigenvalue weighted by molar-refractivity contribution is 6.43. The second-order valence-corrected chi connectivity index (χ2v) is 4.76. The molecule has 0 aromatic heterocycles. The maximum Gasteiger partial charge on any atom is 0.295 e. The quantitative estimate of drug-likeness (QED) is 0.609. The Morgan fingerprint density at radius 2 is 1.80 bits per heavy atom. The maximum absolute atomic E-state index is 12.3. The van der Waals surface area contributed by atoms with Gasteiger partial charge in [0.1, 0.15) is 5.75 Å². The van der Waals surface area contributed by atoms with Crippen molar-refractivity contribution in [3.05, 3.63) is 29.8 Å². The number of ketones is 1. The molecular weight excluding hydrogens is 256 g/mol. The van der Waals surface area contributed by atoms with Crippen molar-refractivity contribution in [1.82, 2.24) is 9.80 Å².